The molecule has 0 amide bonds. The summed E-state index contributed by atoms with van der Waals surface area (Å²) in [6.45, 7) is 3.67. The second-order valence-corrected chi connectivity index (χ2v) is 4.53. The fourth-order valence-corrected chi connectivity index (χ4v) is 2.20. The number of aliphatic hydroxyl groups is 1. The molecule has 2 heterocycles. The molecule has 0 bridgehead atoms. The van der Waals surface area contributed by atoms with E-state index in [1.807, 2.05) is 19.1 Å². The summed E-state index contributed by atoms with van der Waals surface area (Å²) < 4.78 is 5.37. The van der Waals surface area contributed by atoms with Gasteiger partial charge in [-0.3, -0.25) is 0 Å². The lowest BCUT2D eigenvalue weighted by Crippen LogP contribution is -2.37. The lowest BCUT2D eigenvalue weighted by Gasteiger charge is -2.32. The van der Waals surface area contributed by atoms with Gasteiger partial charge in [0, 0.05) is 32.0 Å². The Hall–Kier alpha value is -1.13. The molecule has 1 aromatic heterocycles. The van der Waals surface area contributed by atoms with E-state index >= 15 is 0 Å². The highest BCUT2D eigenvalue weighted by Crippen LogP contribution is 2.20. The van der Waals surface area contributed by atoms with Crippen molar-refractivity contribution in [3.63, 3.8) is 0 Å². The highest BCUT2D eigenvalue weighted by Gasteiger charge is 2.19. The van der Waals surface area contributed by atoms with Crippen LogP contribution >= 0.6 is 0 Å². The average Bonchev–Trinajstić information content (AvgIpc) is 2.39. The van der Waals surface area contributed by atoms with Crippen molar-refractivity contribution in [2.24, 2.45) is 0 Å². The average molecular weight is 236 g/mol. The molecule has 1 fully saturated rings. The molecular weight excluding hydrogens is 216 g/mol. The van der Waals surface area contributed by atoms with Gasteiger partial charge in [0.25, 0.3) is 0 Å². The van der Waals surface area contributed by atoms with Gasteiger partial charge in [0.2, 0.25) is 0 Å². The number of aromatic nitrogens is 1. The molecule has 1 aromatic rings. The van der Waals surface area contributed by atoms with Crippen LogP contribution in [0.15, 0.2) is 12.1 Å². The third-order valence-corrected chi connectivity index (χ3v) is 3.45. The van der Waals surface area contributed by atoms with Crippen molar-refractivity contribution in [1.82, 2.24) is 4.98 Å². The van der Waals surface area contributed by atoms with E-state index in [0.29, 0.717) is 6.04 Å². The molecule has 2 rings (SSSR count). The second-order valence-electron chi connectivity index (χ2n) is 4.53. The first-order valence-electron chi connectivity index (χ1n) is 6.10. The Morgan fingerprint density at radius 2 is 2.12 bits per heavy atom. The lowest BCUT2D eigenvalue weighted by molar-refractivity contribution is 0.0853. The minimum Gasteiger partial charge on any atom is -0.392 e. The maximum Gasteiger partial charge on any atom is 0.128 e. The highest BCUT2D eigenvalue weighted by molar-refractivity contribution is 5.41. The molecule has 0 aromatic carbocycles. The van der Waals surface area contributed by atoms with Crippen LogP contribution in [0.25, 0.3) is 0 Å². The molecule has 4 nitrogen and oxygen atoms in total. The molecule has 1 aliphatic heterocycles. The summed E-state index contributed by atoms with van der Waals surface area (Å²) in [6, 6.07) is 4.44. The van der Waals surface area contributed by atoms with Gasteiger partial charge >= 0.3 is 0 Å². The van der Waals surface area contributed by atoms with Gasteiger partial charge in [0.15, 0.2) is 0 Å². The number of aliphatic hydroxyl groups excluding tert-OH is 1. The molecule has 94 valence electrons. The van der Waals surface area contributed by atoms with E-state index in [1.165, 1.54) is 0 Å². The van der Waals surface area contributed by atoms with Crippen molar-refractivity contribution in [2.45, 2.75) is 32.4 Å². The summed E-state index contributed by atoms with van der Waals surface area (Å²) in [5.41, 5.74) is 1.80. The molecule has 0 unspecified atom stereocenters. The van der Waals surface area contributed by atoms with E-state index < -0.39 is 0 Å². The van der Waals surface area contributed by atoms with Crippen LogP contribution in [-0.4, -0.2) is 36.4 Å². The van der Waals surface area contributed by atoms with Gasteiger partial charge in [-0.1, -0.05) is 6.07 Å². The number of hydrogen-bond acceptors (Lipinski definition) is 4. The predicted molar refractivity (Wildman–Crippen MR) is 67.1 cm³/mol. The molecule has 1 saturated heterocycles. The van der Waals surface area contributed by atoms with Crippen LogP contribution in [0.5, 0.6) is 0 Å². The number of nitrogens with zero attached hydrogens (tertiary/aromatic N) is 2. The minimum absolute atomic E-state index is 0.0557. The molecule has 4 heteroatoms. The number of ether oxygens (including phenoxy) is 1. The zero-order chi connectivity index (χ0) is 12.3. The van der Waals surface area contributed by atoms with E-state index in [1.54, 1.807) is 0 Å². The van der Waals surface area contributed by atoms with Gasteiger partial charge in [0.05, 0.1) is 6.61 Å². The topological polar surface area (TPSA) is 45.6 Å². The van der Waals surface area contributed by atoms with Crippen LogP contribution in [0.4, 0.5) is 5.82 Å². The minimum atomic E-state index is 0.0557. The quantitative estimate of drug-likeness (QED) is 0.864. The fourth-order valence-electron chi connectivity index (χ4n) is 2.20. The number of anilines is 1. The van der Waals surface area contributed by atoms with Crippen LogP contribution in [-0.2, 0) is 11.3 Å². The molecular formula is C13H20N2O2. The van der Waals surface area contributed by atoms with Crippen molar-refractivity contribution in [1.29, 1.82) is 0 Å². The SMILES string of the molecule is Cc1nc(N(C)C2CCOCC2)ccc1CO. The Bertz CT molecular complexity index is 376. The predicted octanol–water partition coefficient (Wildman–Crippen LogP) is 1.50. The van der Waals surface area contributed by atoms with Crippen LogP contribution in [0.2, 0.25) is 0 Å². The Labute approximate surface area is 102 Å². The Morgan fingerprint density at radius 1 is 1.41 bits per heavy atom. The number of hydrogen-bond donors (Lipinski definition) is 1. The first-order chi connectivity index (χ1) is 8.22. The van der Waals surface area contributed by atoms with Gasteiger partial charge in [-0.05, 0) is 31.4 Å². The second kappa shape index (κ2) is 5.47. The summed E-state index contributed by atoms with van der Waals surface area (Å²) in [7, 11) is 2.08. The standard InChI is InChI=1S/C13H20N2O2/c1-10-11(9-16)3-4-13(14-10)15(2)12-5-7-17-8-6-12/h3-4,12,16H,5-9H2,1-2H3. The van der Waals surface area contributed by atoms with Crippen molar-refractivity contribution >= 4 is 5.82 Å². The van der Waals surface area contributed by atoms with Crippen LogP contribution in [0.1, 0.15) is 24.1 Å². The third kappa shape index (κ3) is 2.76. The van der Waals surface area contributed by atoms with Crippen molar-refractivity contribution < 1.29 is 9.84 Å². The fraction of sp³-hybridized carbons (Fsp3) is 0.615. The zero-order valence-corrected chi connectivity index (χ0v) is 10.5. The van der Waals surface area contributed by atoms with Crippen LogP contribution in [0, 0.1) is 6.92 Å². The summed E-state index contributed by atoms with van der Waals surface area (Å²) in [5.74, 6) is 0.978. The van der Waals surface area contributed by atoms with Crippen LogP contribution in [0.3, 0.4) is 0 Å². The molecule has 1 N–H and O–H groups in total. The van der Waals surface area contributed by atoms with Crippen LogP contribution < -0.4 is 4.90 Å². The molecule has 0 saturated carbocycles. The van der Waals surface area contributed by atoms with Crippen molar-refractivity contribution in [3.8, 4) is 0 Å². The van der Waals surface area contributed by atoms with Gasteiger partial charge in [-0.15, -0.1) is 0 Å². The summed E-state index contributed by atoms with van der Waals surface area (Å²) in [6.07, 6.45) is 2.11. The van der Waals surface area contributed by atoms with Gasteiger partial charge < -0.3 is 14.7 Å². The van der Waals surface area contributed by atoms with E-state index in [0.717, 1.165) is 43.1 Å². The molecule has 0 aliphatic carbocycles. The molecule has 1 aliphatic rings. The number of aryl methyl sites for hydroxylation is 1. The Balaban J connectivity index is 2.12. The lowest BCUT2D eigenvalue weighted by atomic mass is 10.1. The summed E-state index contributed by atoms with van der Waals surface area (Å²) in [4.78, 5) is 6.76. The Morgan fingerprint density at radius 3 is 2.71 bits per heavy atom. The molecule has 17 heavy (non-hydrogen) atoms. The zero-order valence-electron chi connectivity index (χ0n) is 10.5. The van der Waals surface area contributed by atoms with Crippen molar-refractivity contribution in [2.75, 3.05) is 25.2 Å². The maximum atomic E-state index is 9.13. The molecule has 0 radical (unpaired) electrons. The van der Waals surface area contributed by atoms with E-state index in [-0.39, 0.29) is 6.61 Å². The van der Waals surface area contributed by atoms with Gasteiger partial charge in [-0.2, -0.15) is 0 Å². The van der Waals surface area contributed by atoms with Gasteiger partial charge in [-0.25, -0.2) is 4.98 Å². The normalized spacial score (nSPS) is 17.1. The summed E-state index contributed by atoms with van der Waals surface area (Å²) >= 11 is 0. The summed E-state index contributed by atoms with van der Waals surface area (Å²) in [5, 5.41) is 9.13. The van der Waals surface area contributed by atoms with E-state index in [2.05, 4.69) is 16.9 Å². The number of pyridine rings is 1. The van der Waals surface area contributed by atoms with E-state index in [9.17, 15) is 0 Å². The van der Waals surface area contributed by atoms with Crippen molar-refractivity contribution in [3.05, 3.63) is 23.4 Å². The highest BCUT2D eigenvalue weighted by atomic mass is 16.5. The molecule has 0 atom stereocenters. The third-order valence-electron chi connectivity index (χ3n) is 3.45. The van der Waals surface area contributed by atoms with Gasteiger partial charge in [0.1, 0.15) is 5.82 Å². The largest absolute Gasteiger partial charge is 0.392 e. The first kappa shape index (κ1) is 12.3. The monoisotopic (exact) mass is 236 g/mol. The maximum absolute atomic E-state index is 9.13. The Kier molecular flexibility index (Phi) is 3.97. The number of rotatable bonds is 3. The first-order valence-corrected chi connectivity index (χ1v) is 6.10. The molecule has 0 spiro atoms. The smallest absolute Gasteiger partial charge is 0.128 e. The van der Waals surface area contributed by atoms with E-state index in [4.69, 9.17) is 9.84 Å².